The largest absolute Gasteiger partial charge is 0.461 e. The minimum absolute atomic E-state index is 0.0150. The molecule has 2 heteroatoms. The standard InChI is InChI=1S/C17H26O2.C2H5/c1-5-13(4)17(18)19-16-10-12(3)8-14-7-6-11(2)9-15(14)16;1-2/h6-8,11-13,15-16H,5,9-10H2,1-4H3;1H2,2H3. The van der Waals surface area contributed by atoms with E-state index in [2.05, 4.69) is 39.0 Å². The Kier molecular flexibility index (Phi) is 7.21. The molecule has 0 spiro atoms. The summed E-state index contributed by atoms with van der Waals surface area (Å²) in [5.74, 6) is 1.48. The highest BCUT2D eigenvalue weighted by Crippen LogP contribution is 2.39. The van der Waals surface area contributed by atoms with Crippen molar-refractivity contribution in [3.63, 3.8) is 0 Å². The summed E-state index contributed by atoms with van der Waals surface area (Å²) in [4.78, 5) is 12.0. The van der Waals surface area contributed by atoms with Gasteiger partial charge in [-0.2, -0.15) is 0 Å². The number of hydrogen-bond acceptors (Lipinski definition) is 2. The number of carbonyl (C=O) groups is 1. The molecule has 2 rings (SSSR count). The smallest absolute Gasteiger partial charge is 0.308 e. The van der Waals surface area contributed by atoms with E-state index in [1.807, 2.05) is 13.8 Å². The van der Waals surface area contributed by atoms with Crippen LogP contribution in [0.4, 0.5) is 0 Å². The van der Waals surface area contributed by atoms with Gasteiger partial charge < -0.3 is 4.74 Å². The molecule has 0 bridgehead atoms. The van der Waals surface area contributed by atoms with Crippen LogP contribution in [0.5, 0.6) is 0 Å². The van der Waals surface area contributed by atoms with Crippen molar-refractivity contribution in [2.45, 2.75) is 60.0 Å². The van der Waals surface area contributed by atoms with Gasteiger partial charge in [0.25, 0.3) is 0 Å². The molecule has 21 heavy (non-hydrogen) atoms. The maximum Gasteiger partial charge on any atom is 0.308 e. The molecule has 0 heterocycles. The third kappa shape index (κ3) is 4.72. The van der Waals surface area contributed by atoms with Crippen LogP contribution < -0.4 is 0 Å². The van der Waals surface area contributed by atoms with E-state index in [0.29, 0.717) is 17.8 Å². The summed E-state index contributed by atoms with van der Waals surface area (Å²) in [5, 5.41) is 0. The van der Waals surface area contributed by atoms with E-state index in [9.17, 15) is 4.79 Å². The fraction of sp³-hybridized carbons (Fsp3) is 0.684. The highest BCUT2D eigenvalue weighted by Gasteiger charge is 2.35. The zero-order valence-corrected chi connectivity index (χ0v) is 14.3. The van der Waals surface area contributed by atoms with Crippen molar-refractivity contribution in [1.29, 1.82) is 0 Å². The second-order valence-corrected chi connectivity index (χ2v) is 6.34. The van der Waals surface area contributed by atoms with Gasteiger partial charge in [0.15, 0.2) is 0 Å². The number of esters is 1. The molecule has 5 atom stereocenters. The Morgan fingerprint density at radius 2 is 2.00 bits per heavy atom. The highest BCUT2D eigenvalue weighted by atomic mass is 16.5. The molecule has 0 saturated carbocycles. The van der Waals surface area contributed by atoms with Crippen molar-refractivity contribution < 1.29 is 9.53 Å². The van der Waals surface area contributed by atoms with Crippen molar-refractivity contribution in [3.8, 4) is 0 Å². The first-order chi connectivity index (χ1) is 10.0. The van der Waals surface area contributed by atoms with E-state index in [4.69, 9.17) is 4.74 Å². The Hall–Kier alpha value is -1.05. The van der Waals surface area contributed by atoms with Crippen molar-refractivity contribution in [2.75, 3.05) is 0 Å². The van der Waals surface area contributed by atoms with E-state index < -0.39 is 0 Å². The molecule has 2 aliphatic carbocycles. The molecule has 0 aromatic rings. The van der Waals surface area contributed by atoms with Crippen LogP contribution in [0.2, 0.25) is 0 Å². The fourth-order valence-electron chi connectivity index (χ4n) is 3.05. The van der Waals surface area contributed by atoms with Gasteiger partial charge in [-0.15, -0.1) is 0 Å². The molecule has 0 aliphatic heterocycles. The summed E-state index contributed by atoms with van der Waals surface area (Å²) in [6, 6.07) is 0. The normalized spacial score (nSPS) is 32.2. The molecule has 0 saturated heterocycles. The lowest BCUT2D eigenvalue weighted by Gasteiger charge is -2.37. The number of allylic oxidation sites excluding steroid dienone is 3. The molecule has 0 amide bonds. The summed E-state index contributed by atoms with van der Waals surface area (Å²) in [6.45, 7) is 13.4. The molecule has 2 aliphatic rings. The predicted molar refractivity (Wildman–Crippen MR) is 88.6 cm³/mol. The fourth-order valence-corrected chi connectivity index (χ4v) is 3.05. The molecule has 2 nitrogen and oxygen atoms in total. The lowest BCUT2D eigenvalue weighted by atomic mass is 9.73. The first-order valence-corrected chi connectivity index (χ1v) is 8.32. The SMILES string of the molecule is CCC(C)C(=O)OC1CC(C)C=C2C=CC(C)CC21.[CH2]C. The number of hydrogen-bond donors (Lipinski definition) is 0. The lowest BCUT2D eigenvalue weighted by molar-refractivity contribution is -0.157. The van der Waals surface area contributed by atoms with E-state index in [1.54, 1.807) is 6.92 Å². The first-order valence-electron chi connectivity index (χ1n) is 8.32. The Balaban J connectivity index is 0.00000106. The van der Waals surface area contributed by atoms with E-state index >= 15 is 0 Å². The van der Waals surface area contributed by atoms with Crippen LogP contribution in [0.3, 0.4) is 0 Å². The summed E-state index contributed by atoms with van der Waals surface area (Å²) in [7, 11) is 0. The maximum absolute atomic E-state index is 12.0. The van der Waals surface area contributed by atoms with Gasteiger partial charge in [-0.1, -0.05) is 59.8 Å². The predicted octanol–water partition coefficient (Wildman–Crippen LogP) is 4.96. The number of fused-ring (bicyclic) bond motifs is 1. The molecule has 0 aromatic heterocycles. The average Bonchev–Trinajstić information content (AvgIpc) is 2.49. The lowest BCUT2D eigenvalue weighted by Crippen LogP contribution is -2.36. The van der Waals surface area contributed by atoms with Crippen molar-refractivity contribution in [1.82, 2.24) is 0 Å². The molecule has 0 N–H and O–H groups in total. The second kappa shape index (κ2) is 8.41. The van der Waals surface area contributed by atoms with E-state index in [-0.39, 0.29) is 18.0 Å². The Labute approximate surface area is 130 Å². The Morgan fingerprint density at radius 3 is 2.62 bits per heavy atom. The van der Waals surface area contributed by atoms with Gasteiger partial charge in [0, 0.05) is 5.92 Å². The zero-order valence-electron chi connectivity index (χ0n) is 14.3. The summed E-state index contributed by atoms with van der Waals surface area (Å²) < 4.78 is 5.82. The van der Waals surface area contributed by atoms with Gasteiger partial charge in [-0.3, -0.25) is 4.79 Å². The van der Waals surface area contributed by atoms with Gasteiger partial charge in [0.2, 0.25) is 0 Å². The van der Waals surface area contributed by atoms with Gasteiger partial charge in [0.05, 0.1) is 5.92 Å². The number of ether oxygens (including phenoxy) is 1. The van der Waals surface area contributed by atoms with Gasteiger partial charge in [-0.05, 0) is 36.7 Å². The van der Waals surface area contributed by atoms with Crippen LogP contribution in [-0.4, -0.2) is 12.1 Å². The minimum Gasteiger partial charge on any atom is -0.461 e. The minimum atomic E-state index is -0.0249. The van der Waals surface area contributed by atoms with Crippen molar-refractivity contribution in [3.05, 3.63) is 30.7 Å². The molecule has 5 unspecified atom stereocenters. The monoisotopic (exact) mass is 291 g/mol. The summed E-state index contributed by atoms with van der Waals surface area (Å²) in [6.07, 6.45) is 9.85. The van der Waals surface area contributed by atoms with Gasteiger partial charge >= 0.3 is 5.97 Å². The van der Waals surface area contributed by atoms with E-state index in [0.717, 1.165) is 19.3 Å². The van der Waals surface area contributed by atoms with Crippen LogP contribution in [0.15, 0.2) is 23.8 Å². The Bertz CT molecular complexity index is 394. The Morgan fingerprint density at radius 1 is 1.33 bits per heavy atom. The van der Waals surface area contributed by atoms with Crippen LogP contribution >= 0.6 is 0 Å². The van der Waals surface area contributed by atoms with Crippen LogP contribution in [-0.2, 0) is 9.53 Å². The van der Waals surface area contributed by atoms with Crippen LogP contribution in [0, 0.1) is 30.6 Å². The summed E-state index contributed by atoms with van der Waals surface area (Å²) in [5.41, 5.74) is 1.37. The molecular formula is C19H31O2. The molecule has 0 fully saturated rings. The third-order valence-corrected chi connectivity index (χ3v) is 4.48. The zero-order chi connectivity index (χ0) is 16.0. The molecule has 1 radical (unpaired) electrons. The highest BCUT2D eigenvalue weighted by molar-refractivity contribution is 5.72. The van der Waals surface area contributed by atoms with Crippen LogP contribution in [0.1, 0.15) is 53.9 Å². The first kappa shape index (κ1) is 18.0. The second-order valence-electron chi connectivity index (χ2n) is 6.34. The number of rotatable bonds is 3. The van der Waals surface area contributed by atoms with Crippen molar-refractivity contribution >= 4 is 5.97 Å². The molecular weight excluding hydrogens is 260 g/mol. The van der Waals surface area contributed by atoms with Crippen molar-refractivity contribution in [2.24, 2.45) is 23.7 Å². The van der Waals surface area contributed by atoms with Gasteiger partial charge in [-0.25, -0.2) is 0 Å². The van der Waals surface area contributed by atoms with Gasteiger partial charge in [0.1, 0.15) is 6.10 Å². The summed E-state index contributed by atoms with van der Waals surface area (Å²) >= 11 is 0. The van der Waals surface area contributed by atoms with E-state index in [1.165, 1.54) is 5.57 Å². The number of carbonyl (C=O) groups excluding carboxylic acids is 1. The average molecular weight is 291 g/mol. The third-order valence-electron chi connectivity index (χ3n) is 4.48. The maximum atomic E-state index is 12.0. The quantitative estimate of drug-likeness (QED) is 0.687. The molecule has 0 aromatic carbocycles. The molecule has 119 valence electrons. The topological polar surface area (TPSA) is 26.3 Å². The van der Waals surface area contributed by atoms with Crippen LogP contribution in [0.25, 0.3) is 0 Å².